The van der Waals surface area contributed by atoms with E-state index in [0.717, 1.165) is 12.1 Å². The normalized spacial score (nSPS) is 18.7. The average molecular weight is 398 g/mol. The van der Waals surface area contributed by atoms with Gasteiger partial charge in [0.25, 0.3) is 0 Å². The first-order chi connectivity index (χ1) is 8.86. The number of rotatable bonds is 3. The van der Waals surface area contributed by atoms with Crippen LogP contribution >= 0.6 is 22.6 Å². The van der Waals surface area contributed by atoms with E-state index in [1.165, 1.54) is 16.6 Å². The van der Waals surface area contributed by atoms with Crippen molar-refractivity contribution in [3.63, 3.8) is 0 Å². The van der Waals surface area contributed by atoms with E-state index in [9.17, 15) is 12.8 Å². The number of halogens is 2. The molecule has 1 aromatic rings. The third-order valence-corrected chi connectivity index (χ3v) is 5.32. The van der Waals surface area contributed by atoms with E-state index in [4.69, 9.17) is 0 Å². The molecule has 1 aliphatic heterocycles. The second-order valence-electron chi connectivity index (χ2n) is 4.69. The van der Waals surface area contributed by atoms with Crippen molar-refractivity contribution < 1.29 is 12.8 Å². The van der Waals surface area contributed by atoms with E-state index >= 15 is 0 Å². The number of sulfonamides is 1. The van der Waals surface area contributed by atoms with E-state index in [1.54, 1.807) is 6.07 Å². The van der Waals surface area contributed by atoms with Crippen molar-refractivity contribution in [2.24, 2.45) is 0 Å². The summed E-state index contributed by atoms with van der Waals surface area (Å²) in [7, 11) is -3.08. The van der Waals surface area contributed by atoms with Crippen LogP contribution in [0.2, 0.25) is 0 Å². The maximum Gasteiger partial charge on any atom is 0.211 e. The van der Waals surface area contributed by atoms with Crippen LogP contribution in [0.5, 0.6) is 0 Å². The molecule has 4 nitrogen and oxygen atoms in total. The van der Waals surface area contributed by atoms with Gasteiger partial charge in [-0.1, -0.05) is 6.07 Å². The van der Waals surface area contributed by atoms with Crippen molar-refractivity contribution >= 4 is 32.6 Å². The maximum absolute atomic E-state index is 13.2. The molecule has 19 heavy (non-hydrogen) atoms. The molecule has 2 rings (SSSR count). The molecular weight excluding hydrogens is 382 g/mol. The van der Waals surface area contributed by atoms with E-state index in [-0.39, 0.29) is 5.82 Å². The van der Waals surface area contributed by atoms with E-state index in [0.29, 0.717) is 29.7 Å². The Balaban J connectivity index is 1.94. The quantitative estimate of drug-likeness (QED) is 0.725. The molecule has 1 saturated heterocycles. The summed E-state index contributed by atoms with van der Waals surface area (Å²) in [6, 6.07) is 5.09. The Morgan fingerprint density at radius 2 is 1.89 bits per heavy atom. The predicted molar refractivity (Wildman–Crippen MR) is 80.8 cm³/mol. The fourth-order valence-corrected chi connectivity index (χ4v) is 3.52. The lowest BCUT2D eigenvalue weighted by molar-refractivity contribution is 0.182. The molecule has 1 aliphatic rings. The van der Waals surface area contributed by atoms with Gasteiger partial charge in [-0.2, -0.15) is 4.31 Å². The Labute approximate surface area is 126 Å². The summed E-state index contributed by atoms with van der Waals surface area (Å²) in [5, 5.41) is 0. The van der Waals surface area contributed by atoms with Crippen LogP contribution in [0.4, 0.5) is 4.39 Å². The summed E-state index contributed by atoms with van der Waals surface area (Å²) in [5.74, 6) is -0.203. The average Bonchev–Trinajstić information content (AvgIpc) is 2.33. The van der Waals surface area contributed by atoms with Crippen LogP contribution < -0.4 is 0 Å². The molecule has 1 fully saturated rings. The van der Waals surface area contributed by atoms with E-state index in [1.807, 2.05) is 28.7 Å². The largest absolute Gasteiger partial charge is 0.296 e. The smallest absolute Gasteiger partial charge is 0.211 e. The van der Waals surface area contributed by atoms with Gasteiger partial charge in [0.2, 0.25) is 10.0 Å². The number of hydrogen-bond acceptors (Lipinski definition) is 3. The van der Waals surface area contributed by atoms with Gasteiger partial charge >= 0.3 is 0 Å². The van der Waals surface area contributed by atoms with E-state index in [2.05, 4.69) is 4.90 Å². The Bertz CT molecular complexity index is 557. The van der Waals surface area contributed by atoms with Gasteiger partial charge in [0.1, 0.15) is 5.82 Å². The van der Waals surface area contributed by atoms with Crippen LogP contribution in [0.15, 0.2) is 18.2 Å². The number of benzene rings is 1. The zero-order chi connectivity index (χ0) is 14.0. The number of piperazine rings is 1. The molecule has 106 valence electrons. The predicted octanol–water partition coefficient (Wildman–Crippen LogP) is 1.51. The second kappa shape index (κ2) is 6.02. The molecule has 0 amide bonds. The van der Waals surface area contributed by atoms with Crippen LogP contribution in [0, 0.1) is 9.39 Å². The zero-order valence-corrected chi connectivity index (χ0v) is 13.6. The summed E-state index contributed by atoms with van der Waals surface area (Å²) in [6.07, 6.45) is 1.24. The van der Waals surface area contributed by atoms with Gasteiger partial charge in [0, 0.05) is 36.3 Å². The highest BCUT2D eigenvalue weighted by Crippen LogP contribution is 2.15. The molecule has 0 N–H and O–H groups in total. The van der Waals surface area contributed by atoms with E-state index < -0.39 is 10.0 Å². The Kier molecular flexibility index (Phi) is 4.80. The van der Waals surface area contributed by atoms with Gasteiger partial charge in [0.15, 0.2) is 0 Å². The summed E-state index contributed by atoms with van der Waals surface area (Å²) in [5.41, 5.74) is 1.05. The van der Waals surface area contributed by atoms with Crippen LogP contribution in [0.25, 0.3) is 0 Å². The maximum atomic E-state index is 13.2. The van der Waals surface area contributed by atoms with Gasteiger partial charge in [0.05, 0.1) is 6.26 Å². The van der Waals surface area contributed by atoms with Crippen molar-refractivity contribution in [2.75, 3.05) is 32.4 Å². The lowest BCUT2D eigenvalue weighted by Crippen LogP contribution is -2.47. The van der Waals surface area contributed by atoms with Gasteiger partial charge in [-0.25, -0.2) is 12.8 Å². The first-order valence-corrected chi connectivity index (χ1v) is 8.90. The third kappa shape index (κ3) is 4.11. The van der Waals surface area contributed by atoms with Crippen LogP contribution in [-0.4, -0.2) is 50.1 Å². The minimum atomic E-state index is -3.08. The molecular formula is C12H16FIN2O2S. The SMILES string of the molecule is CS(=O)(=O)N1CCN(Cc2ccc(F)c(I)c2)CC1. The highest BCUT2D eigenvalue weighted by atomic mass is 127. The van der Waals surface area contributed by atoms with Crippen LogP contribution in [0.3, 0.4) is 0 Å². The third-order valence-electron chi connectivity index (χ3n) is 3.19. The van der Waals surface area contributed by atoms with Crippen molar-refractivity contribution in [1.29, 1.82) is 0 Å². The molecule has 0 saturated carbocycles. The van der Waals surface area contributed by atoms with Gasteiger partial charge in [-0.15, -0.1) is 0 Å². The summed E-state index contributed by atoms with van der Waals surface area (Å²) in [4.78, 5) is 2.19. The van der Waals surface area contributed by atoms with Crippen LogP contribution in [0.1, 0.15) is 5.56 Å². The molecule has 0 radical (unpaired) electrons. The minimum absolute atomic E-state index is 0.203. The summed E-state index contributed by atoms with van der Waals surface area (Å²) >= 11 is 1.98. The fraction of sp³-hybridized carbons (Fsp3) is 0.500. The summed E-state index contributed by atoms with van der Waals surface area (Å²) < 4.78 is 38.1. The topological polar surface area (TPSA) is 40.6 Å². The second-order valence-corrected chi connectivity index (χ2v) is 7.83. The zero-order valence-electron chi connectivity index (χ0n) is 10.6. The van der Waals surface area contributed by atoms with Crippen molar-refractivity contribution in [3.8, 4) is 0 Å². The van der Waals surface area contributed by atoms with Crippen molar-refractivity contribution in [3.05, 3.63) is 33.1 Å². The molecule has 0 bridgehead atoms. The van der Waals surface area contributed by atoms with Gasteiger partial charge < -0.3 is 0 Å². The summed E-state index contributed by atoms with van der Waals surface area (Å²) in [6.45, 7) is 3.20. The van der Waals surface area contributed by atoms with Crippen molar-refractivity contribution in [2.45, 2.75) is 6.54 Å². The first kappa shape index (κ1) is 15.1. The van der Waals surface area contributed by atoms with Crippen LogP contribution in [-0.2, 0) is 16.6 Å². The molecule has 0 aromatic heterocycles. The monoisotopic (exact) mass is 398 g/mol. The fourth-order valence-electron chi connectivity index (χ4n) is 2.12. The molecule has 0 unspecified atom stereocenters. The molecule has 1 heterocycles. The lowest BCUT2D eigenvalue weighted by Gasteiger charge is -2.33. The molecule has 0 spiro atoms. The Morgan fingerprint density at radius 1 is 1.26 bits per heavy atom. The van der Waals surface area contributed by atoms with Gasteiger partial charge in [-0.3, -0.25) is 4.90 Å². The molecule has 0 atom stereocenters. The van der Waals surface area contributed by atoms with Gasteiger partial charge in [-0.05, 0) is 40.3 Å². The molecule has 7 heteroatoms. The number of nitrogens with zero attached hydrogens (tertiary/aromatic N) is 2. The lowest BCUT2D eigenvalue weighted by atomic mass is 10.2. The van der Waals surface area contributed by atoms with Crippen molar-refractivity contribution in [1.82, 2.24) is 9.21 Å². The first-order valence-electron chi connectivity index (χ1n) is 5.97. The molecule has 0 aliphatic carbocycles. The Morgan fingerprint density at radius 3 is 2.42 bits per heavy atom. The minimum Gasteiger partial charge on any atom is -0.296 e. The Hall–Kier alpha value is -0.250. The standard InChI is InChI=1S/C12H16FIN2O2S/c1-19(17,18)16-6-4-15(5-7-16)9-10-2-3-11(13)12(14)8-10/h2-3,8H,4-7,9H2,1H3. The highest BCUT2D eigenvalue weighted by molar-refractivity contribution is 14.1. The highest BCUT2D eigenvalue weighted by Gasteiger charge is 2.23. The molecule has 1 aromatic carbocycles. The number of hydrogen-bond donors (Lipinski definition) is 0.